The maximum Gasteiger partial charge on any atom is 0.263 e. The number of hydrogen-bond donors (Lipinski definition) is 3. The van der Waals surface area contributed by atoms with Crippen LogP contribution in [0.3, 0.4) is 0 Å². The van der Waals surface area contributed by atoms with Crippen molar-refractivity contribution in [3.8, 4) is 0 Å². The number of carbonyl (C=O) groups is 1. The molecule has 4 atom stereocenters. The molecule has 2 bridgehead atoms. The second kappa shape index (κ2) is 7.75. The van der Waals surface area contributed by atoms with Crippen molar-refractivity contribution in [3.63, 3.8) is 0 Å². The van der Waals surface area contributed by atoms with Gasteiger partial charge in [0, 0.05) is 23.3 Å². The quantitative estimate of drug-likeness (QED) is 0.677. The van der Waals surface area contributed by atoms with Crippen LogP contribution >= 0.6 is 23.7 Å². The van der Waals surface area contributed by atoms with Crippen molar-refractivity contribution in [2.24, 2.45) is 23.5 Å². The van der Waals surface area contributed by atoms with Crippen molar-refractivity contribution < 1.29 is 13.2 Å². The number of sulfonamides is 1. The van der Waals surface area contributed by atoms with E-state index in [1.807, 2.05) is 0 Å². The lowest BCUT2D eigenvalue weighted by atomic mass is 9.84. The molecule has 1 heterocycles. The highest BCUT2D eigenvalue weighted by Gasteiger charge is 2.49. The summed E-state index contributed by atoms with van der Waals surface area (Å²) in [5, 5.41) is 4.83. The first-order valence-electron chi connectivity index (χ1n) is 8.53. The number of nitrogens with zero attached hydrogens (tertiary/aromatic N) is 1. The third kappa shape index (κ3) is 3.96. The molecule has 4 rings (SSSR count). The van der Waals surface area contributed by atoms with Crippen LogP contribution in [-0.2, 0) is 14.8 Å². The largest absolute Gasteiger partial charge is 0.327 e. The highest BCUT2D eigenvalue weighted by atomic mass is 35.5. The van der Waals surface area contributed by atoms with Crippen molar-refractivity contribution >= 4 is 50.5 Å². The summed E-state index contributed by atoms with van der Waals surface area (Å²) in [5.74, 6) is 0.466. The summed E-state index contributed by atoms with van der Waals surface area (Å²) in [5.41, 5.74) is 6.67. The molecule has 2 fully saturated rings. The molecule has 4 N–H and O–H groups in total. The minimum Gasteiger partial charge on any atom is -0.327 e. The average molecular weight is 429 g/mol. The van der Waals surface area contributed by atoms with Crippen LogP contribution in [0.4, 0.5) is 10.8 Å². The number of benzene rings is 1. The van der Waals surface area contributed by atoms with Crippen LogP contribution in [0.5, 0.6) is 0 Å². The normalized spacial score (nSPS) is 26.4. The number of nitrogens with two attached hydrogens (primary N) is 1. The van der Waals surface area contributed by atoms with E-state index >= 15 is 0 Å². The number of halogens is 1. The molecule has 1 aromatic heterocycles. The van der Waals surface area contributed by atoms with Crippen LogP contribution in [0, 0.1) is 17.8 Å². The zero-order valence-electron chi connectivity index (χ0n) is 14.4. The van der Waals surface area contributed by atoms with Crippen LogP contribution in [-0.4, -0.2) is 25.4 Å². The van der Waals surface area contributed by atoms with E-state index in [1.165, 1.54) is 29.7 Å². The molecule has 1 aromatic carbocycles. The Bertz CT molecular complexity index is 918. The molecule has 1 amide bonds. The summed E-state index contributed by atoms with van der Waals surface area (Å²) >= 11 is 1.20. The van der Waals surface area contributed by atoms with E-state index < -0.39 is 10.0 Å². The molecule has 0 spiro atoms. The minimum absolute atomic E-state index is 0. The van der Waals surface area contributed by atoms with Crippen molar-refractivity contribution in [2.75, 3.05) is 10.0 Å². The van der Waals surface area contributed by atoms with Crippen LogP contribution in [0.2, 0.25) is 0 Å². The van der Waals surface area contributed by atoms with Gasteiger partial charge < -0.3 is 11.1 Å². The number of aromatic nitrogens is 1. The molecule has 2 aliphatic carbocycles. The number of nitrogens with one attached hydrogen (secondary N) is 2. The summed E-state index contributed by atoms with van der Waals surface area (Å²) in [6.07, 6.45) is 4.69. The highest BCUT2D eigenvalue weighted by molar-refractivity contribution is 7.93. The Morgan fingerprint density at radius 1 is 1.26 bits per heavy atom. The maximum atomic E-state index is 12.7. The van der Waals surface area contributed by atoms with Gasteiger partial charge in [0.1, 0.15) is 0 Å². The van der Waals surface area contributed by atoms with E-state index in [0.29, 0.717) is 22.7 Å². The molecule has 146 valence electrons. The van der Waals surface area contributed by atoms with Gasteiger partial charge in [0.15, 0.2) is 5.13 Å². The van der Waals surface area contributed by atoms with Gasteiger partial charge in [-0.1, -0.05) is 6.07 Å². The summed E-state index contributed by atoms with van der Waals surface area (Å²) in [4.78, 5) is 16.7. The van der Waals surface area contributed by atoms with Gasteiger partial charge in [0.2, 0.25) is 5.91 Å². The lowest BCUT2D eigenvalue weighted by Crippen LogP contribution is -2.42. The zero-order valence-corrected chi connectivity index (χ0v) is 16.8. The Kier molecular flexibility index (Phi) is 5.76. The lowest BCUT2D eigenvalue weighted by Gasteiger charge is -2.27. The summed E-state index contributed by atoms with van der Waals surface area (Å²) in [6.45, 7) is 0. The number of rotatable bonds is 5. The van der Waals surface area contributed by atoms with E-state index in [2.05, 4.69) is 15.0 Å². The van der Waals surface area contributed by atoms with Crippen molar-refractivity contribution in [2.45, 2.75) is 30.2 Å². The van der Waals surface area contributed by atoms with Crippen molar-refractivity contribution in [3.05, 3.63) is 35.8 Å². The van der Waals surface area contributed by atoms with Gasteiger partial charge in [-0.15, -0.1) is 23.7 Å². The third-order valence-electron chi connectivity index (χ3n) is 5.35. The number of thiazole rings is 1. The Morgan fingerprint density at radius 3 is 2.70 bits per heavy atom. The molecule has 2 aromatic rings. The molecule has 4 unspecified atom stereocenters. The molecule has 7 nitrogen and oxygen atoms in total. The van der Waals surface area contributed by atoms with Crippen LogP contribution < -0.4 is 15.8 Å². The summed E-state index contributed by atoms with van der Waals surface area (Å²) in [7, 11) is -3.76. The Balaban J connectivity index is 0.00000210. The Morgan fingerprint density at radius 2 is 2.04 bits per heavy atom. The predicted octanol–water partition coefficient (Wildman–Crippen LogP) is 2.68. The van der Waals surface area contributed by atoms with E-state index in [0.717, 1.165) is 19.3 Å². The number of fused-ring (bicyclic) bond motifs is 2. The van der Waals surface area contributed by atoms with Crippen LogP contribution in [0.1, 0.15) is 19.3 Å². The monoisotopic (exact) mass is 428 g/mol. The molecule has 0 saturated heterocycles. The van der Waals surface area contributed by atoms with Gasteiger partial charge in [0.25, 0.3) is 10.0 Å². The van der Waals surface area contributed by atoms with E-state index in [4.69, 9.17) is 5.73 Å². The first kappa shape index (κ1) is 20.1. The fourth-order valence-corrected chi connectivity index (χ4v) is 5.97. The maximum absolute atomic E-state index is 12.7. The fraction of sp³-hybridized carbons (Fsp3) is 0.412. The number of carbonyl (C=O) groups excluding carboxylic acids is 1. The fourth-order valence-electron chi connectivity index (χ4n) is 4.14. The SMILES string of the molecule is Cl.NC1C2CCC(C2)C1C(=O)Nc1cccc(S(=O)(=O)Nc2nccs2)c1. The van der Waals surface area contributed by atoms with Gasteiger partial charge in [-0.05, 0) is 49.3 Å². The summed E-state index contributed by atoms with van der Waals surface area (Å²) < 4.78 is 27.4. The first-order chi connectivity index (χ1) is 12.4. The third-order valence-corrected chi connectivity index (χ3v) is 7.50. The predicted molar refractivity (Wildman–Crippen MR) is 108 cm³/mol. The molecular weight excluding hydrogens is 408 g/mol. The van der Waals surface area contributed by atoms with Gasteiger partial charge in [-0.25, -0.2) is 13.4 Å². The lowest BCUT2D eigenvalue weighted by molar-refractivity contribution is -0.121. The minimum atomic E-state index is -3.76. The standard InChI is InChI=1S/C17H20N4O3S2.ClH/c18-15-11-5-4-10(8-11)14(15)16(22)20-12-2-1-3-13(9-12)26(23,24)21-17-19-6-7-25-17;/h1-3,6-7,9-11,14-15H,4-5,8,18H2,(H,19,21)(H,20,22);1H. The number of amides is 1. The second-order valence-corrected chi connectivity index (χ2v) is 9.47. The van der Waals surface area contributed by atoms with Crippen LogP contribution in [0.25, 0.3) is 0 Å². The van der Waals surface area contributed by atoms with Crippen molar-refractivity contribution in [1.29, 1.82) is 0 Å². The molecule has 27 heavy (non-hydrogen) atoms. The van der Waals surface area contributed by atoms with Gasteiger partial charge >= 0.3 is 0 Å². The van der Waals surface area contributed by atoms with Gasteiger partial charge in [-0.2, -0.15) is 0 Å². The first-order valence-corrected chi connectivity index (χ1v) is 10.9. The highest BCUT2D eigenvalue weighted by Crippen LogP contribution is 2.47. The number of anilines is 2. The topological polar surface area (TPSA) is 114 Å². The molecule has 10 heteroatoms. The molecule has 0 radical (unpaired) electrons. The van der Waals surface area contributed by atoms with E-state index in [1.54, 1.807) is 17.5 Å². The van der Waals surface area contributed by atoms with E-state index in [-0.39, 0.29) is 35.2 Å². The zero-order chi connectivity index (χ0) is 18.3. The van der Waals surface area contributed by atoms with Crippen LogP contribution in [0.15, 0.2) is 40.7 Å². The molecule has 2 saturated carbocycles. The second-order valence-electron chi connectivity index (χ2n) is 6.90. The smallest absolute Gasteiger partial charge is 0.263 e. The summed E-state index contributed by atoms with van der Waals surface area (Å²) in [6, 6.07) is 6.11. The molecular formula is C17H21ClN4O3S2. The molecule has 2 aliphatic rings. The van der Waals surface area contributed by atoms with Crippen molar-refractivity contribution in [1.82, 2.24) is 4.98 Å². The van der Waals surface area contributed by atoms with Gasteiger partial charge in [-0.3, -0.25) is 9.52 Å². The van der Waals surface area contributed by atoms with E-state index in [9.17, 15) is 13.2 Å². The average Bonchev–Trinajstić information content (AvgIpc) is 3.32. The Hall–Kier alpha value is -1.68. The van der Waals surface area contributed by atoms with Gasteiger partial charge in [0.05, 0.1) is 10.8 Å². The Labute approximate surface area is 168 Å². The molecule has 0 aliphatic heterocycles. The number of hydrogen-bond acceptors (Lipinski definition) is 6.